The third-order valence-corrected chi connectivity index (χ3v) is 4.13. The van der Waals surface area contributed by atoms with E-state index in [1.54, 1.807) is 31.4 Å². The number of amides is 3. The van der Waals surface area contributed by atoms with Gasteiger partial charge in [0, 0.05) is 26.2 Å². The van der Waals surface area contributed by atoms with E-state index in [0.717, 1.165) is 18.0 Å². The first-order valence-corrected chi connectivity index (χ1v) is 8.76. The van der Waals surface area contributed by atoms with Gasteiger partial charge in [-0.1, -0.05) is 0 Å². The third kappa shape index (κ3) is 6.23. The zero-order chi connectivity index (χ0) is 19.8. The number of carbonyl (C=O) groups excluding carboxylic acids is 2. The van der Waals surface area contributed by atoms with Crippen molar-refractivity contribution in [1.82, 2.24) is 25.5 Å². The van der Waals surface area contributed by atoms with E-state index in [-0.39, 0.29) is 18.0 Å². The predicted octanol–water partition coefficient (Wildman–Crippen LogP) is 0.0881. The molecule has 0 fully saturated rings. The first-order valence-electron chi connectivity index (χ1n) is 8.76. The lowest BCUT2D eigenvalue weighted by Gasteiger charge is -2.24. The summed E-state index contributed by atoms with van der Waals surface area (Å²) in [6, 6.07) is 6.85. The molecule has 0 saturated heterocycles. The van der Waals surface area contributed by atoms with Crippen LogP contribution in [0.15, 0.2) is 24.3 Å². The molecule has 1 aromatic rings. The summed E-state index contributed by atoms with van der Waals surface area (Å²) in [5, 5.41) is 11.5. The van der Waals surface area contributed by atoms with Gasteiger partial charge in [0.2, 0.25) is 5.91 Å². The van der Waals surface area contributed by atoms with Crippen molar-refractivity contribution in [1.29, 1.82) is 0 Å². The first-order chi connectivity index (χ1) is 12.9. The topological polar surface area (TPSA) is 109 Å². The molecule has 9 heteroatoms. The van der Waals surface area contributed by atoms with Gasteiger partial charge >= 0.3 is 12.0 Å². The summed E-state index contributed by atoms with van der Waals surface area (Å²) in [4.78, 5) is 25.1. The smallest absolute Gasteiger partial charge is 0.405 e. The van der Waals surface area contributed by atoms with Gasteiger partial charge in [0.15, 0.2) is 0 Å². The minimum atomic E-state index is -0.377. The van der Waals surface area contributed by atoms with E-state index in [4.69, 9.17) is 4.74 Å². The van der Waals surface area contributed by atoms with Crippen molar-refractivity contribution in [2.45, 2.75) is 26.3 Å². The molecule has 146 valence electrons. The van der Waals surface area contributed by atoms with Crippen molar-refractivity contribution < 1.29 is 14.3 Å². The number of ether oxygens (including phenoxy) is 1. The van der Waals surface area contributed by atoms with Crippen molar-refractivity contribution in [2.75, 3.05) is 32.6 Å². The number of hydrogen-bond acceptors (Lipinski definition) is 5. The van der Waals surface area contributed by atoms with Crippen molar-refractivity contribution >= 4 is 29.4 Å². The Kier molecular flexibility index (Phi) is 7.08. The molecule has 1 atom stereocenters. The monoisotopic (exact) mass is 375 g/mol. The van der Waals surface area contributed by atoms with Crippen LogP contribution in [0.1, 0.15) is 20.3 Å². The number of nitrogens with zero attached hydrogens (tertiary/aromatic N) is 2. The molecule has 1 unspecified atom stereocenters. The molecule has 1 aromatic carbocycles. The zero-order valence-electron chi connectivity index (χ0n) is 16.1. The number of amidine groups is 1. The number of guanidine groups is 1. The standard InChI is InChI=1S/C18H26N6O3/c1-12-11-16(20-10-9-19-13(2)25)22-17(24(12)3)23-18(26)21-14-5-7-15(27-4)8-6-14/h5-8,12H,9-11H2,1-4H3,(H3,19,20,21,22,23,25,26)/p+1. The molecule has 0 spiro atoms. The van der Waals surface area contributed by atoms with E-state index in [9.17, 15) is 9.59 Å². The predicted molar refractivity (Wildman–Crippen MR) is 106 cm³/mol. The molecular formula is C18H27N6O3+. The van der Waals surface area contributed by atoms with Crippen LogP contribution in [-0.2, 0) is 4.79 Å². The summed E-state index contributed by atoms with van der Waals surface area (Å²) in [5.41, 5.74) is 0.651. The Hall–Kier alpha value is -3.19. The SMILES string of the molecule is COc1ccc(NC(=O)NC2=[N+]=C(NCCNC(C)=O)CC(C)N2C)cc1. The van der Waals surface area contributed by atoms with Crippen LogP contribution in [-0.4, -0.2) is 61.9 Å². The van der Waals surface area contributed by atoms with Crippen molar-refractivity contribution in [2.24, 2.45) is 0 Å². The maximum absolute atomic E-state index is 12.3. The molecule has 1 heterocycles. The highest BCUT2D eigenvalue weighted by molar-refractivity contribution is 6.04. The van der Waals surface area contributed by atoms with Gasteiger partial charge in [-0.2, -0.15) is 0 Å². The summed E-state index contributed by atoms with van der Waals surface area (Å²) in [6.07, 6.45) is 0.724. The number of rotatable bonds is 5. The molecule has 3 amide bonds. The Morgan fingerprint density at radius 3 is 2.56 bits per heavy atom. The minimum Gasteiger partial charge on any atom is -0.497 e. The molecule has 1 aliphatic heterocycles. The van der Waals surface area contributed by atoms with Crippen LogP contribution in [0.2, 0.25) is 0 Å². The van der Waals surface area contributed by atoms with Gasteiger partial charge in [-0.3, -0.25) is 15.0 Å². The quantitative estimate of drug-likeness (QED) is 0.431. The molecule has 4 N–H and O–H groups in total. The van der Waals surface area contributed by atoms with Crippen LogP contribution in [0.4, 0.5) is 10.5 Å². The normalized spacial score (nSPS) is 16.0. The lowest BCUT2D eigenvalue weighted by molar-refractivity contribution is -0.118. The Morgan fingerprint density at radius 2 is 1.93 bits per heavy atom. The largest absolute Gasteiger partial charge is 0.497 e. The van der Waals surface area contributed by atoms with Crippen LogP contribution < -0.4 is 30.7 Å². The van der Waals surface area contributed by atoms with Gasteiger partial charge in [-0.25, -0.2) is 14.8 Å². The van der Waals surface area contributed by atoms with E-state index in [1.807, 2.05) is 18.9 Å². The number of anilines is 1. The highest BCUT2D eigenvalue weighted by Gasteiger charge is 2.29. The number of urea groups is 1. The van der Waals surface area contributed by atoms with Crippen LogP contribution in [0.25, 0.3) is 0 Å². The minimum absolute atomic E-state index is 0.0698. The van der Waals surface area contributed by atoms with E-state index in [0.29, 0.717) is 24.7 Å². The van der Waals surface area contributed by atoms with Gasteiger partial charge in [0.25, 0.3) is 5.84 Å². The number of carbonyl (C=O) groups is 2. The van der Waals surface area contributed by atoms with Crippen LogP contribution >= 0.6 is 0 Å². The van der Waals surface area contributed by atoms with Crippen molar-refractivity contribution in [3.8, 4) is 5.75 Å². The Morgan fingerprint density at radius 1 is 1.22 bits per heavy atom. The second-order valence-electron chi connectivity index (χ2n) is 6.26. The van der Waals surface area contributed by atoms with E-state index in [1.165, 1.54) is 6.92 Å². The number of nitrogens with one attached hydrogen (secondary N) is 4. The van der Waals surface area contributed by atoms with Crippen LogP contribution in [0.5, 0.6) is 5.75 Å². The highest BCUT2D eigenvalue weighted by atomic mass is 16.5. The zero-order valence-corrected chi connectivity index (χ0v) is 16.1. The maximum Gasteiger partial charge on any atom is 0.405 e. The van der Waals surface area contributed by atoms with Crippen LogP contribution in [0.3, 0.4) is 0 Å². The summed E-state index contributed by atoms with van der Waals surface area (Å²) in [5.74, 6) is 1.88. The fraction of sp³-hybridized carbons (Fsp3) is 0.444. The lowest BCUT2D eigenvalue weighted by Crippen LogP contribution is -2.54. The second kappa shape index (κ2) is 9.49. The first kappa shape index (κ1) is 20.1. The van der Waals surface area contributed by atoms with Gasteiger partial charge in [0.1, 0.15) is 5.75 Å². The Balaban J connectivity index is 1.99. The molecule has 0 aromatic heterocycles. The highest BCUT2D eigenvalue weighted by Crippen LogP contribution is 2.14. The Bertz CT molecular complexity index is 740. The summed E-state index contributed by atoms with van der Waals surface area (Å²) in [6.45, 7) is 4.61. The van der Waals surface area contributed by atoms with Gasteiger partial charge in [-0.05, 0) is 31.2 Å². The number of benzene rings is 1. The summed E-state index contributed by atoms with van der Waals surface area (Å²) < 4.78 is 9.58. The second-order valence-corrected chi connectivity index (χ2v) is 6.26. The van der Waals surface area contributed by atoms with E-state index in [2.05, 4.69) is 25.9 Å². The van der Waals surface area contributed by atoms with Crippen molar-refractivity contribution in [3.63, 3.8) is 0 Å². The lowest BCUT2D eigenvalue weighted by atomic mass is 10.2. The van der Waals surface area contributed by atoms with E-state index >= 15 is 0 Å². The molecule has 0 radical (unpaired) electrons. The Labute approximate surface area is 158 Å². The molecule has 9 nitrogen and oxygen atoms in total. The third-order valence-electron chi connectivity index (χ3n) is 4.13. The van der Waals surface area contributed by atoms with Crippen molar-refractivity contribution in [3.05, 3.63) is 24.3 Å². The molecule has 1 aliphatic rings. The molecule has 0 aliphatic carbocycles. The molecular weight excluding hydrogens is 348 g/mol. The average molecular weight is 375 g/mol. The fourth-order valence-electron chi connectivity index (χ4n) is 2.49. The van der Waals surface area contributed by atoms with Gasteiger partial charge in [-0.15, -0.1) is 0 Å². The average Bonchev–Trinajstić information content (AvgIpc) is 2.63. The summed E-state index contributed by atoms with van der Waals surface area (Å²) >= 11 is 0. The molecule has 27 heavy (non-hydrogen) atoms. The fourth-order valence-corrected chi connectivity index (χ4v) is 2.49. The maximum atomic E-state index is 12.3. The van der Waals surface area contributed by atoms with Gasteiger partial charge < -0.3 is 15.4 Å². The number of hydrogen-bond donors (Lipinski definition) is 4. The molecule has 0 saturated carbocycles. The number of methoxy groups -OCH3 is 1. The van der Waals surface area contributed by atoms with E-state index < -0.39 is 0 Å². The van der Waals surface area contributed by atoms with Crippen LogP contribution in [0, 0.1) is 0 Å². The summed E-state index contributed by atoms with van der Waals surface area (Å²) in [7, 11) is 3.47. The molecule has 2 rings (SSSR count). The molecule has 0 bridgehead atoms. The van der Waals surface area contributed by atoms with Gasteiger partial charge in [0.05, 0.1) is 26.1 Å².